The Hall–Kier alpha value is -1.63. The van der Waals surface area contributed by atoms with Crippen LogP contribution < -0.4 is 10.2 Å². The largest absolute Gasteiger partial charge is 0.315 e. The van der Waals surface area contributed by atoms with E-state index in [2.05, 4.69) is 15.3 Å². The summed E-state index contributed by atoms with van der Waals surface area (Å²) in [4.78, 5) is 18.2. The number of nitrogens with zero attached hydrogens (tertiary/aromatic N) is 2. The lowest BCUT2D eigenvalue weighted by atomic mass is 10.4. The van der Waals surface area contributed by atoms with Crippen molar-refractivity contribution in [2.75, 3.05) is 0 Å². The van der Waals surface area contributed by atoms with Gasteiger partial charge in [0, 0.05) is 36.6 Å². The first-order chi connectivity index (χ1) is 9.20. The van der Waals surface area contributed by atoms with Crippen LogP contribution >= 0.6 is 22.9 Å². The van der Waals surface area contributed by atoms with Crippen LogP contribution in [0.25, 0.3) is 5.65 Å². The maximum absolute atomic E-state index is 11.0. The maximum atomic E-state index is 11.0. The number of rotatable bonds is 4. The molecular formula is C12H11ClN4OS. The molecule has 0 amide bonds. The topological polar surface area (TPSA) is 62.2 Å². The molecule has 0 saturated carbocycles. The summed E-state index contributed by atoms with van der Waals surface area (Å²) in [5.41, 5.74) is 2.69. The van der Waals surface area contributed by atoms with Crippen LogP contribution in [0, 0.1) is 0 Å². The molecule has 0 atom stereocenters. The first kappa shape index (κ1) is 12.4. The Bertz CT molecular complexity index is 760. The van der Waals surface area contributed by atoms with Crippen LogP contribution in [0.5, 0.6) is 0 Å². The standard InChI is InChI=1S/C12H11ClN4OS/c13-8-1-2-11-15-9(6-17(11)5-8)3-14-4-10-7-19-12(18)16-10/h1-2,5-7,14H,3-4H2,(H,16,18). The maximum Gasteiger partial charge on any atom is 0.304 e. The second-order valence-electron chi connectivity index (χ2n) is 4.12. The van der Waals surface area contributed by atoms with Crippen LogP contribution in [0.2, 0.25) is 5.02 Å². The number of halogens is 1. The zero-order chi connectivity index (χ0) is 13.2. The number of pyridine rings is 1. The summed E-state index contributed by atoms with van der Waals surface area (Å²) in [7, 11) is 0. The Labute approximate surface area is 117 Å². The summed E-state index contributed by atoms with van der Waals surface area (Å²) in [6.45, 7) is 1.25. The molecule has 98 valence electrons. The molecule has 3 heterocycles. The molecule has 0 bridgehead atoms. The number of H-pyrrole nitrogens is 1. The number of thiazole rings is 1. The highest BCUT2D eigenvalue weighted by Gasteiger charge is 2.02. The summed E-state index contributed by atoms with van der Waals surface area (Å²) in [6.07, 6.45) is 3.76. The molecule has 0 spiro atoms. The van der Waals surface area contributed by atoms with Crippen molar-refractivity contribution in [2.24, 2.45) is 0 Å². The van der Waals surface area contributed by atoms with E-state index < -0.39 is 0 Å². The van der Waals surface area contributed by atoms with Gasteiger partial charge < -0.3 is 14.7 Å². The number of fused-ring (bicyclic) bond motifs is 1. The summed E-state index contributed by atoms with van der Waals surface area (Å²) in [5, 5.41) is 5.73. The second-order valence-corrected chi connectivity index (χ2v) is 5.40. The Balaban J connectivity index is 1.66. The van der Waals surface area contributed by atoms with E-state index in [1.165, 1.54) is 11.3 Å². The van der Waals surface area contributed by atoms with Crippen molar-refractivity contribution < 1.29 is 0 Å². The van der Waals surface area contributed by atoms with E-state index in [1.54, 1.807) is 0 Å². The fourth-order valence-corrected chi connectivity index (χ4v) is 2.58. The number of aromatic nitrogens is 3. The molecule has 19 heavy (non-hydrogen) atoms. The second kappa shape index (κ2) is 5.16. The van der Waals surface area contributed by atoms with Gasteiger partial charge in [0.05, 0.1) is 10.7 Å². The molecule has 0 radical (unpaired) electrons. The predicted octanol–water partition coefficient (Wildman–Crippen LogP) is 2.03. The van der Waals surface area contributed by atoms with E-state index in [4.69, 9.17) is 11.6 Å². The molecule has 0 aliphatic carbocycles. The lowest BCUT2D eigenvalue weighted by Crippen LogP contribution is -2.13. The minimum absolute atomic E-state index is 0.0285. The van der Waals surface area contributed by atoms with Crippen molar-refractivity contribution in [3.05, 3.63) is 56.0 Å². The summed E-state index contributed by atoms with van der Waals surface area (Å²) >= 11 is 7.09. The van der Waals surface area contributed by atoms with E-state index >= 15 is 0 Å². The molecule has 0 unspecified atom stereocenters. The highest BCUT2D eigenvalue weighted by atomic mass is 35.5. The highest BCUT2D eigenvalue weighted by Crippen LogP contribution is 2.11. The number of nitrogens with one attached hydrogen (secondary N) is 2. The fraction of sp³-hybridized carbons (Fsp3) is 0.167. The van der Waals surface area contributed by atoms with Gasteiger partial charge in [-0.05, 0) is 12.1 Å². The van der Waals surface area contributed by atoms with Gasteiger partial charge in [0.2, 0.25) is 0 Å². The van der Waals surface area contributed by atoms with Gasteiger partial charge >= 0.3 is 4.87 Å². The molecule has 0 aliphatic rings. The van der Waals surface area contributed by atoms with Crippen LogP contribution in [0.4, 0.5) is 0 Å². The molecule has 3 aromatic heterocycles. The molecule has 0 aliphatic heterocycles. The predicted molar refractivity (Wildman–Crippen MR) is 75.7 cm³/mol. The van der Waals surface area contributed by atoms with E-state index in [0.717, 1.165) is 17.0 Å². The quantitative estimate of drug-likeness (QED) is 0.774. The zero-order valence-electron chi connectivity index (χ0n) is 9.89. The molecule has 0 saturated heterocycles. The third-order valence-electron chi connectivity index (χ3n) is 2.66. The first-order valence-corrected chi connectivity index (χ1v) is 6.97. The number of hydrogen-bond acceptors (Lipinski definition) is 4. The third-order valence-corrected chi connectivity index (χ3v) is 3.60. The van der Waals surface area contributed by atoms with Crippen LogP contribution in [0.1, 0.15) is 11.4 Å². The Morgan fingerprint density at radius 1 is 1.37 bits per heavy atom. The Kier molecular flexibility index (Phi) is 3.37. The van der Waals surface area contributed by atoms with Gasteiger partial charge in [-0.2, -0.15) is 0 Å². The van der Waals surface area contributed by atoms with Gasteiger partial charge in [0.15, 0.2) is 0 Å². The van der Waals surface area contributed by atoms with Gasteiger partial charge in [0.25, 0.3) is 0 Å². The molecule has 3 rings (SSSR count). The number of hydrogen-bond donors (Lipinski definition) is 2. The lowest BCUT2D eigenvalue weighted by molar-refractivity contribution is 0.672. The summed E-state index contributed by atoms with van der Waals surface area (Å²) in [6, 6.07) is 3.69. The van der Waals surface area contributed by atoms with E-state index in [-0.39, 0.29) is 4.87 Å². The van der Waals surface area contributed by atoms with Crippen LogP contribution in [0.3, 0.4) is 0 Å². The molecule has 0 aromatic carbocycles. The van der Waals surface area contributed by atoms with Crippen molar-refractivity contribution in [2.45, 2.75) is 13.1 Å². The smallest absolute Gasteiger partial charge is 0.304 e. The Morgan fingerprint density at radius 2 is 2.26 bits per heavy atom. The van der Waals surface area contributed by atoms with Crippen molar-refractivity contribution in [1.82, 2.24) is 19.7 Å². The summed E-state index contributed by atoms with van der Waals surface area (Å²) < 4.78 is 1.89. The lowest BCUT2D eigenvalue weighted by Gasteiger charge is -1.98. The van der Waals surface area contributed by atoms with Crippen molar-refractivity contribution in [3.63, 3.8) is 0 Å². The summed E-state index contributed by atoms with van der Waals surface area (Å²) in [5.74, 6) is 0. The molecule has 5 nitrogen and oxygen atoms in total. The first-order valence-electron chi connectivity index (χ1n) is 5.71. The highest BCUT2D eigenvalue weighted by molar-refractivity contribution is 7.07. The monoisotopic (exact) mass is 294 g/mol. The van der Waals surface area contributed by atoms with Crippen molar-refractivity contribution >= 4 is 28.6 Å². The average molecular weight is 295 g/mol. The van der Waals surface area contributed by atoms with Gasteiger partial charge in [-0.15, -0.1) is 0 Å². The average Bonchev–Trinajstić information content (AvgIpc) is 2.95. The van der Waals surface area contributed by atoms with Crippen LogP contribution in [-0.2, 0) is 13.1 Å². The SMILES string of the molecule is O=c1[nH]c(CNCc2cn3cc(Cl)ccc3n2)cs1. The van der Waals surface area contributed by atoms with Gasteiger partial charge in [-0.25, -0.2) is 4.98 Å². The van der Waals surface area contributed by atoms with Crippen molar-refractivity contribution in [1.29, 1.82) is 0 Å². The molecule has 0 fully saturated rings. The molecule has 2 N–H and O–H groups in total. The van der Waals surface area contributed by atoms with E-state index in [1.807, 2.05) is 34.3 Å². The van der Waals surface area contributed by atoms with E-state index in [0.29, 0.717) is 18.1 Å². The van der Waals surface area contributed by atoms with Crippen LogP contribution in [-0.4, -0.2) is 14.4 Å². The zero-order valence-corrected chi connectivity index (χ0v) is 11.5. The fourth-order valence-electron chi connectivity index (χ4n) is 1.83. The van der Waals surface area contributed by atoms with Gasteiger partial charge in [0.1, 0.15) is 5.65 Å². The van der Waals surface area contributed by atoms with E-state index in [9.17, 15) is 4.79 Å². The van der Waals surface area contributed by atoms with Gasteiger partial charge in [-0.3, -0.25) is 4.79 Å². The van der Waals surface area contributed by atoms with Gasteiger partial charge in [-0.1, -0.05) is 22.9 Å². The number of imidazole rings is 1. The molecular weight excluding hydrogens is 284 g/mol. The normalized spacial score (nSPS) is 11.2. The van der Waals surface area contributed by atoms with Crippen LogP contribution in [0.15, 0.2) is 34.7 Å². The number of aromatic amines is 1. The molecule has 3 aromatic rings. The minimum atomic E-state index is -0.0285. The Morgan fingerprint density at radius 3 is 3.05 bits per heavy atom. The molecule has 7 heteroatoms. The minimum Gasteiger partial charge on any atom is -0.315 e. The third kappa shape index (κ3) is 2.86. The van der Waals surface area contributed by atoms with Crippen molar-refractivity contribution in [3.8, 4) is 0 Å².